The van der Waals surface area contributed by atoms with E-state index in [0.717, 1.165) is 18.1 Å². The summed E-state index contributed by atoms with van der Waals surface area (Å²) in [4.78, 5) is 14.4. The second-order valence-corrected chi connectivity index (χ2v) is 3.70. The maximum absolute atomic E-state index is 10.5. The van der Waals surface area contributed by atoms with Crippen molar-refractivity contribution in [2.75, 3.05) is 11.9 Å². The predicted molar refractivity (Wildman–Crippen MR) is 66.4 cm³/mol. The van der Waals surface area contributed by atoms with Gasteiger partial charge in [-0.2, -0.15) is 5.10 Å². The van der Waals surface area contributed by atoms with Crippen molar-refractivity contribution < 1.29 is 4.92 Å². The van der Waals surface area contributed by atoms with E-state index in [1.807, 2.05) is 25.1 Å². The molecule has 0 saturated heterocycles. The van der Waals surface area contributed by atoms with Gasteiger partial charge in [-0.1, -0.05) is 6.07 Å². The normalized spacial score (nSPS) is 10.3. The van der Waals surface area contributed by atoms with Gasteiger partial charge in [0.25, 0.3) is 0 Å². The van der Waals surface area contributed by atoms with Crippen molar-refractivity contribution in [1.29, 1.82) is 0 Å². The van der Waals surface area contributed by atoms with Crippen LogP contribution in [0.5, 0.6) is 0 Å². The summed E-state index contributed by atoms with van der Waals surface area (Å²) in [5, 5.41) is 17.6. The fourth-order valence-electron chi connectivity index (χ4n) is 1.55. The van der Waals surface area contributed by atoms with Gasteiger partial charge in [0.15, 0.2) is 0 Å². The minimum atomic E-state index is -0.466. The Balaban J connectivity index is 2.12. The van der Waals surface area contributed by atoms with E-state index in [2.05, 4.69) is 15.4 Å². The highest BCUT2D eigenvalue weighted by Crippen LogP contribution is 2.10. The SMILES string of the molecule is CCNc1cccc(Cn2cc([N+](=O)[O-])cn2)n1. The minimum absolute atomic E-state index is 0.0159. The van der Waals surface area contributed by atoms with Gasteiger partial charge < -0.3 is 5.32 Å². The second kappa shape index (κ2) is 5.26. The fraction of sp³-hybridized carbons (Fsp3) is 0.273. The Bertz CT molecular complexity index is 552. The number of hydrogen-bond acceptors (Lipinski definition) is 5. The van der Waals surface area contributed by atoms with E-state index in [9.17, 15) is 10.1 Å². The van der Waals surface area contributed by atoms with Gasteiger partial charge in [0.1, 0.15) is 18.2 Å². The van der Waals surface area contributed by atoms with Crippen molar-refractivity contribution in [2.45, 2.75) is 13.5 Å². The number of aromatic nitrogens is 3. The van der Waals surface area contributed by atoms with Gasteiger partial charge in [0, 0.05) is 6.54 Å². The van der Waals surface area contributed by atoms with Crippen molar-refractivity contribution in [3.63, 3.8) is 0 Å². The molecule has 2 rings (SSSR count). The van der Waals surface area contributed by atoms with Crippen LogP contribution in [0.1, 0.15) is 12.6 Å². The maximum atomic E-state index is 10.5. The molecule has 0 bridgehead atoms. The average molecular weight is 247 g/mol. The average Bonchev–Trinajstić information content (AvgIpc) is 2.78. The Hall–Kier alpha value is -2.44. The van der Waals surface area contributed by atoms with E-state index in [0.29, 0.717) is 6.54 Å². The van der Waals surface area contributed by atoms with Gasteiger partial charge in [-0.3, -0.25) is 14.8 Å². The standard InChI is InChI=1S/C11H13N5O2/c1-2-12-11-5-3-4-9(14-11)7-15-8-10(6-13-15)16(17)18/h3-6,8H,2,7H2,1H3,(H,12,14). The van der Waals surface area contributed by atoms with Crippen molar-refractivity contribution in [3.8, 4) is 0 Å². The van der Waals surface area contributed by atoms with E-state index < -0.39 is 4.92 Å². The quantitative estimate of drug-likeness (QED) is 0.641. The van der Waals surface area contributed by atoms with Gasteiger partial charge in [0.2, 0.25) is 0 Å². The smallest absolute Gasteiger partial charge is 0.307 e. The first-order valence-corrected chi connectivity index (χ1v) is 5.55. The third kappa shape index (κ3) is 2.82. The molecule has 0 aliphatic rings. The molecule has 0 atom stereocenters. The number of nitrogens with one attached hydrogen (secondary N) is 1. The Labute approximate surface area is 104 Å². The Kier molecular flexibility index (Phi) is 3.52. The van der Waals surface area contributed by atoms with Crippen molar-refractivity contribution in [2.24, 2.45) is 0 Å². The summed E-state index contributed by atoms with van der Waals surface area (Å²) in [6.07, 6.45) is 2.62. The van der Waals surface area contributed by atoms with E-state index in [1.54, 1.807) is 0 Å². The first-order valence-electron chi connectivity index (χ1n) is 5.55. The third-order valence-corrected chi connectivity index (χ3v) is 2.32. The van der Waals surface area contributed by atoms with Crippen molar-refractivity contribution in [3.05, 3.63) is 46.4 Å². The van der Waals surface area contributed by atoms with Crippen LogP contribution < -0.4 is 5.32 Å². The number of hydrogen-bond donors (Lipinski definition) is 1. The fourth-order valence-corrected chi connectivity index (χ4v) is 1.55. The van der Waals surface area contributed by atoms with Crippen LogP contribution in [0.15, 0.2) is 30.6 Å². The minimum Gasteiger partial charge on any atom is -0.370 e. The molecule has 0 saturated carbocycles. The van der Waals surface area contributed by atoms with Crippen LogP contribution in [-0.4, -0.2) is 26.2 Å². The van der Waals surface area contributed by atoms with Crippen LogP contribution in [0.3, 0.4) is 0 Å². The van der Waals surface area contributed by atoms with Gasteiger partial charge in [-0.25, -0.2) is 4.98 Å². The van der Waals surface area contributed by atoms with Crippen LogP contribution in [0.4, 0.5) is 11.5 Å². The molecule has 7 heteroatoms. The molecule has 2 heterocycles. The molecule has 0 fully saturated rings. The predicted octanol–water partition coefficient (Wildman–Crippen LogP) is 1.67. The molecule has 2 aromatic rings. The first-order chi connectivity index (χ1) is 8.69. The van der Waals surface area contributed by atoms with Crippen LogP contribution in [-0.2, 0) is 6.54 Å². The van der Waals surface area contributed by atoms with Crippen LogP contribution in [0, 0.1) is 10.1 Å². The monoisotopic (exact) mass is 247 g/mol. The molecule has 0 aliphatic heterocycles. The molecular weight excluding hydrogens is 234 g/mol. The third-order valence-electron chi connectivity index (χ3n) is 2.32. The summed E-state index contributed by atoms with van der Waals surface area (Å²) in [6.45, 7) is 3.20. The highest BCUT2D eigenvalue weighted by molar-refractivity contribution is 5.35. The number of nitrogens with zero attached hydrogens (tertiary/aromatic N) is 4. The lowest BCUT2D eigenvalue weighted by Crippen LogP contribution is -2.05. The summed E-state index contributed by atoms with van der Waals surface area (Å²) < 4.78 is 1.50. The van der Waals surface area contributed by atoms with Gasteiger partial charge in [-0.05, 0) is 19.1 Å². The number of nitro groups is 1. The zero-order valence-corrected chi connectivity index (χ0v) is 9.91. The topological polar surface area (TPSA) is 85.9 Å². The molecule has 0 amide bonds. The zero-order valence-electron chi connectivity index (χ0n) is 9.91. The highest BCUT2D eigenvalue weighted by atomic mass is 16.6. The molecule has 0 aliphatic carbocycles. The number of pyridine rings is 1. The Morgan fingerprint density at radius 2 is 2.33 bits per heavy atom. The largest absolute Gasteiger partial charge is 0.370 e. The van der Waals surface area contributed by atoms with Gasteiger partial charge in [-0.15, -0.1) is 0 Å². The van der Waals surface area contributed by atoms with Crippen LogP contribution >= 0.6 is 0 Å². The van der Waals surface area contributed by atoms with Crippen LogP contribution in [0.2, 0.25) is 0 Å². The van der Waals surface area contributed by atoms with E-state index in [1.165, 1.54) is 17.1 Å². The number of rotatable bonds is 5. The Morgan fingerprint density at radius 1 is 1.50 bits per heavy atom. The summed E-state index contributed by atoms with van der Waals surface area (Å²) in [5.74, 6) is 0.789. The molecule has 0 spiro atoms. The molecule has 7 nitrogen and oxygen atoms in total. The molecule has 0 aromatic carbocycles. The second-order valence-electron chi connectivity index (χ2n) is 3.70. The highest BCUT2D eigenvalue weighted by Gasteiger charge is 2.09. The lowest BCUT2D eigenvalue weighted by Gasteiger charge is -2.05. The molecular formula is C11H13N5O2. The van der Waals surface area contributed by atoms with E-state index >= 15 is 0 Å². The summed E-state index contributed by atoms with van der Waals surface area (Å²) in [6, 6.07) is 5.62. The van der Waals surface area contributed by atoms with Gasteiger partial charge >= 0.3 is 5.69 Å². The number of anilines is 1. The lowest BCUT2D eigenvalue weighted by atomic mass is 10.3. The van der Waals surface area contributed by atoms with Crippen molar-refractivity contribution in [1.82, 2.24) is 14.8 Å². The molecule has 18 heavy (non-hydrogen) atoms. The molecule has 94 valence electrons. The lowest BCUT2D eigenvalue weighted by molar-refractivity contribution is -0.385. The summed E-state index contributed by atoms with van der Waals surface area (Å²) in [7, 11) is 0. The first kappa shape index (κ1) is 12.0. The summed E-state index contributed by atoms with van der Waals surface area (Å²) >= 11 is 0. The van der Waals surface area contributed by atoms with Crippen LogP contribution in [0.25, 0.3) is 0 Å². The summed E-state index contributed by atoms with van der Waals surface area (Å²) in [5.41, 5.74) is 0.782. The molecule has 1 N–H and O–H groups in total. The molecule has 2 aromatic heterocycles. The van der Waals surface area contributed by atoms with E-state index in [-0.39, 0.29) is 5.69 Å². The molecule has 0 unspecified atom stereocenters. The Morgan fingerprint density at radius 3 is 3.00 bits per heavy atom. The van der Waals surface area contributed by atoms with E-state index in [4.69, 9.17) is 0 Å². The molecule has 0 radical (unpaired) electrons. The maximum Gasteiger partial charge on any atom is 0.307 e. The van der Waals surface area contributed by atoms with Crippen molar-refractivity contribution >= 4 is 11.5 Å². The van der Waals surface area contributed by atoms with Gasteiger partial charge in [0.05, 0.1) is 17.2 Å². The zero-order chi connectivity index (χ0) is 13.0.